The molecule has 0 saturated heterocycles. The van der Waals surface area contributed by atoms with Gasteiger partial charge in [0.05, 0.1) is 0 Å². The Morgan fingerprint density at radius 1 is 1.12 bits per heavy atom. The highest BCUT2D eigenvalue weighted by Crippen LogP contribution is 2.56. The topological polar surface area (TPSA) is 26.0 Å². The van der Waals surface area contributed by atoms with Gasteiger partial charge in [-0.05, 0) is 79.9 Å². The lowest BCUT2D eigenvalue weighted by atomic mass is 9.65. The van der Waals surface area contributed by atoms with E-state index in [0.717, 1.165) is 18.4 Å². The molecule has 1 aromatic carbocycles. The molecule has 0 heterocycles. The second kappa shape index (κ2) is 7.58. The lowest BCUT2D eigenvalue weighted by Gasteiger charge is -2.39. The van der Waals surface area contributed by atoms with Gasteiger partial charge in [-0.1, -0.05) is 55.5 Å². The molecule has 0 spiro atoms. The quantitative estimate of drug-likeness (QED) is 0.588. The summed E-state index contributed by atoms with van der Waals surface area (Å²) in [6.45, 7) is 20.6. The summed E-state index contributed by atoms with van der Waals surface area (Å²) in [5.74, 6) is 0.247. The molecule has 25 heavy (non-hydrogen) atoms. The Kier molecular flexibility index (Phi) is 5.90. The molecular weight excluding hydrogens is 302 g/mol. The van der Waals surface area contributed by atoms with Crippen molar-refractivity contribution >= 4 is 11.1 Å². The van der Waals surface area contributed by atoms with Crippen LogP contribution in [0.15, 0.2) is 54.7 Å². The van der Waals surface area contributed by atoms with Crippen LogP contribution in [0.5, 0.6) is 0 Å². The molecule has 0 saturated carbocycles. The van der Waals surface area contributed by atoms with Gasteiger partial charge in [-0.15, -0.1) is 0 Å². The first-order valence-electron chi connectivity index (χ1n) is 9.26. The van der Waals surface area contributed by atoms with E-state index in [4.69, 9.17) is 5.73 Å². The molecular formula is C24H33N. The fourth-order valence-electron chi connectivity index (χ4n) is 4.05. The van der Waals surface area contributed by atoms with Gasteiger partial charge in [0.2, 0.25) is 0 Å². The molecule has 134 valence electrons. The molecule has 0 aliphatic heterocycles. The average Bonchev–Trinajstić information content (AvgIpc) is 2.89. The summed E-state index contributed by atoms with van der Waals surface area (Å²) < 4.78 is 0. The molecule has 2 unspecified atom stereocenters. The van der Waals surface area contributed by atoms with Crippen molar-refractivity contribution in [2.24, 2.45) is 17.1 Å². The van der Waals surface area contributed by atoms with Crippen molar-refractivity contribution in [3.05, 3.63) is 71.3 Å². The van der Waals surface area contributed by atoms with Crippen LogP contribution >= 0.6 is 0 Å². The number of rotatable bonds is 6. The zero-order valence-corrected chi connectivity index (χ0v) is 16.6. The molecule has 2 atom stereocenters. The van der Waals surface area contributed by atoms with Crippen molar-refractivity contribution in [1.82, 2.24) is 0 Å². The Morgan fingerprint density at radius 3 is 2.32 bits per heavy atom. The fraction of sp³-hybridized carbons (Fsp3) is 0.417. The van der Waals surface area contributed by atoms with Crippen LogP contribution in [-0.2, 0) is 6.54 Å². The van der Waals surface area contributed by atoms with Gasteiger partial charge in [0.1, 0.15) is 0 Å². The second-order valence-corrected chi connectivity index (χ2v) is 7.59. The predicted octanol–water partition coefficient (Wildman–Crippen LogP) is 6.52. The molecule has 0 aromatic heterocycles. The van der Waals surface area contributed by atoms with Gasteiger partial charge in [-0.2, -0.15) is 0 Å². The van der Waals surface area contributed by atoms with E-state index in [1.165, 1.54) is 33.4 Å². The maximum Gasteiger partial charge on any atom is 0.0181 e. The third-order valence-corrected chi connectivity index (χ3v) is 6.21. The number of hydrogen-bond donors (Lipinski definition) is 1. The van der Waals surface area contributed by atoms with Crippen LogP contribution in [0.1, 0.15) is 64.2 Å². The van der Waals surface area contributed by atoms with Crippen molar-refractivity contribution in [3.8, 4) is 0 Å². The van der Waals surface area contributed by atoms with E-state index in [0.29, 0.717) is 6.54 Å². The summed E-state index contributed by atoms with van der Waals surface area (Å²) in [6.07, 6.45) is 6.66. The summed E-state index contributed by atoms with van der Waals surface area (Å²) in [7, 11) is 0. The lowest BCUT2D eigenvalue weighted by Crippen LogP contribution is -2.28. The smallest absolute Gasteiger partial charge is 0.0181 e. The van der Waals surface area contributed by atoms with Gasteiger partial charge in [-0.3, -0.25) is 0 Å². The first-order chi connectivity index (χ1) is 11.8. The largest absolute Gasteiger partial charge is 0.326 e. The highest BCUT2D eigenvalue weighted by atomic mass is 14.5. The van der Waals surface area contributed by atoms with E-state index in [2.05, 4.69) is 78.1 Å². The van der Waals surface area contributed by atoms with E-state index < -0.39 is 0 Å². The van der Waals surface area contributed by atoms with Crippen molar-refractivity contribution in [1.29, 1.82) is 0 Å². The molecule has 1 nitrogen and oxygen atoms in total. The summed E-state index contributed by atoms with van der Waals surface area (Å²) >= 11 is 0. The fourth-order valence-corrected chi connectivity index (χ4v) is 4.05. The van der Waals surface area contributed by atoms with E-state index >= 15 is 0 Å². The minimum Gasteiger partial charge on any atom is -0.326 e. The molecule has 0 fully saturated rings. The SMILES string of the molecule is C=C1c2ccc(CN)cc2C(=C)C1C(C)(CC/C(C)=C/C)/C(C)=C/C. The maximum atomic E-state index is 5.84. The standard InChI is InChI=1S/C24H33N/c1-8-16(3)12-13-24(7,17(4)9-2)23-18(5)21-11-10-20(15-25)14-22(21)19(23)6/h8-11,14,23H,5-6,12-13,15,25H2,1-4,7H3/b16-8+,17-9+. The molecule has 0 radical (unpaired) electrons. The van der Waals surface area contributed by atoms with Gasteiger partial charge in [0.15, 0.2) is 0 Å². The van der Waals surface area contributed by atoms with Crippen LogP contribution in [0, 0.1) is 11.3 Å². The summed E-state index contributed by atoms with van der Waals surface area (Å²) in [5.41, 5.74) is 14.7. The van der Waals surface area contributed by atoms with Crippen LogP contribution in [0.4, 0.5) is 0 Å². The molecule has 2 rings (SSSR count). The predicted molar refractivity (Wildman–Crippen MR) is 112 cm³/mol. The van der Waals surface area contributed by atoms with Gasteiger partial charge in [0, 0.05) is 12.5 Å². The first kappa shape index (κ1) is 19.5. The average molecular weight is 336 g/mol. The van der Waals surface area contributed by atoms with Crippen LogP contribution in [0.2, 0.25) is 0 Å². The van der Waals surface area contributed by atoms with E-state index in [9.17, 15) is 0 Å². The Bertz CT molecular complexity index is 747. The van der Waals surface area contributed by atoms with Crippen molar-refractivity contribution in [2.75, 3.05) is 0 Å². The van der Waals surface area contributed by atoms with Crippen LogP contribution in [-0.4, -0.2) is 0 Å². The number of hydrogen-bond acceptors (Lipinski definition) is 1. The van der Waals surface area contributed by atoms with Crippen molar-refractivity contribution < 1.29 is 0 Å². The lowest BCUT2D eigenvalue weighted by molar-refractivity contribution is 0.323. The normalized spacial score (nSPS) is 20.6. The number of nitrogens with two attached hydrogens (primary N) is 1. The highest BCUT2D eigenvalue weighted by molar-refractivity contribution is 5.94. The molecule has 0 bridgehead atoms. The third-order valence-electron chi connectivity index (χ3n) is 6.21. The van der Waals surface area contributed by atoms with Crippen molar-refractivity contribution in [3.63, 3.8) is 0 Å². The highest BCUT2D eigenvalue weighted by Gasteiger charge is 2.43. The molecule has 1 aromatic rings. The monoisotopic (exact) mass is 335 g/mol. The van der Waals surface area contributed by atoms with Gasteiger partial charge in [-0.25, -0.2) is 0 Å². The zero-order chi connectivity index (χ0) is 18.8. The summed E-state index contributed by atoms with van der Waals surface area (Å²) in [6, 6.07) is 6.49. The summed E-state index contributed by atoms with van der Waals surface area (Å²) in [5, 5.41) is 0. The molecule has 0 amide bonds. The Balaban J connectivity index is 2.48. The molecule has 1 aliphatic carbocycles. The van der Waals surface area contributed by atoms with E-state index in [-0.39, 0.29) is 11.3 Å². The van der Waals surface area contributed by atoms with Crippen molar-refractivity contribution in [2.45, 2.75) is 54.0 Å². The molecule has 2 N–H and O–H groups in total. The first-order valence-corrected chi connectivity index (χ1v) is 9.26. The third kappa shape index (κ3) is 3.43. The Morgan fingerprint density at radius 2 is 1.76 bits per heavy atom. The maximum absolute atomic E-state index is 5.84. The minimum atomic E-state index is 0.0229. The molecule has 1 aliphatic rings. The van der Waals surface area contributed by atoms with Gasteiger partial charge < -0.3 is 5.73 Å². The second-order valence-electron chi connectivity index (χ2n) is 7.59. The molecule has 1 heteroatoms. The Hall–Kier alpha value is -1.86. The summed E-state index contributed by atoms with van der Waals surface area (Å²) in [4.78, 5) is 0. The zero-order valence-electron chi connectivity index (χ0n) is 16.6. The number of benzene rings is 1. The van der Waals surface area contributed by atoms with E-state index in [1.54, 1.807) is 0 Å². The Labute approximate surface area is 154 Å². The van der Waals surface area contributed by atoms with Crippen LogP contribution < -0.4 is 5.73 Å². The van der Waals surface area contributed by atoms with E-state index in [1.807, 2.05) is 0 Å². The van der Waals surface area contributed by atoms with Crippen LogP contribution in [0.25, 0.3) is 11.1 Å². The van der Waals surface area contributed by atoms with Gasteiger partial charge >= 0.3 is 0 Å². The number of fused-ring (bicyclic) bond motifs is 1. The number of allylic oxidation sites excluding steroid dienone is 6. The van der Waals surface area contributed by atoms with Crippen LogP contribution in [0.3, 0.4) is 0 Å². The minimum absolute atomic E-state index is 0.0229. The van der Waals surface area contributed by atoms with Gasteiger partial charge in [0.25, 0.3) is 0 Å².